The van der Waals surface area contributed by atoms with E-state index in [1.54, 1.807) is 6.07 Å². The van der Waals surface area contributed by atoms with Gasteiger partial charge in [0.15, 0.2) is 0 Å². The lowest BCUT2D eigenvalue weighted by Crippen LogP contribution is -2.46. The third-order valence-corrected chi connectivity index (χ3v) is 4.93. The molecule has 1 aliphatic heterocycles. The van der Waals surface area contributed by atoms with Crippen LogP contribution in [0.25, 0.3) is 0 Å². The number of carbonyl (C=O) groups excluding carboxylic acids is 1. The first-order valence-corrected chi connectivity index (χ1v) is 9.57. The van der Waals surface area contributed by atoms with Crippen molar-refractivity contribution in [2.75, 3.05) is 36.4 Å². The first kappa shape index (κ1) is 19.0. The van der Waals surface area contributed by atoms with E-state index in [9.17, 15) is 9.18 Å². The fourth-order valence-electron chi connectivity index (χ4n) is 3.35. The van der Waals surface area contributed by atoms with E-state index in [2.05, 4.69) is 49.4 Å². The molecule has 1 amide bonds. The minimum absolute atomic E-state index is 0.283. The highest BCUT2D eigenvalue weighted by atomic mass is 19.1. The van der Waals surface area contributed by atoms with Crippen molar-refractivity contribution in [3.63, 3.8) is 0 Å². The van der Waals surface area contributed by atoms with Crippen molar-refractivity contribution < 1.29 is 9.18 Å². The second-order valence-corrected chi connectivity index (χ2v) is 6.97. The van der Waals surface area contributed by atoms with Gasteiger partial charge in [-0.05, 0) is 29.8 Å². The Morgan fingerprint density at radius 1 is 0.966 bits per heavy atom. The van der Waals surface area contributed by atoms with Crippen LogP contribution in [0.15, 0.2) is 67.0 Å². The second-order valence-electron chi connectivity index (χ2n) is 6.97. The molecule has 1 saturated heterocycles. The zero-order valence-corrected chi connectivity index (χ0v) is 16.0. The average Bonchev–Trinajstić information content (AvgIpc) is 2.77. The highest BCUT2D eigenvalue weighted by Gasteiger charge is 2.19. The fraction of sp³-hybridized carbons (Fsp3) is 0.227. The third kappa shape index (κ3) is 4.94. The summed E-state index contributed by atoms with van der Waals surface area (Å²) >= 11 is 0. The Bertz CT molecular complexity index is 956. The van der Waals surface area contributed by atoms with Gasteiger partial charge in [-0.3, -0.25) is 9.69 Å². The molecule has 4 rings (SSSR count). The number of nitrogens with zero attached hydrogens (tertiary/aromatic N) is 4. The maximum Gasteiger partial charge on any atom is 0.274 e. The molecule has 1 aliphatic rings. The quantitative estimate of drug-likeness (QED) is 0.724. The number of carbonyl (C=O) groups is 1. The van der Waals surface area contributed by atoms with Gasteiger partial charge in [-0.1, -0.05) is 30.3 Å². The summed E-state index contributed by atoms with van der Waals surface area (Å²) in [7, 11) is 0. The van der Waals surface area contributed by atoms with Crippen LogP contribution in [0.3, 0.4) is 0 Å². The Morgan fingerprint density at radius 3 is 2.41 bits per heavy atom. The van der Waals surface area contributed by atoms with Gasteiger partial charge in [-0.15, -0.1) is 0 Å². The molecule has 2 heterocycles. The van der Waals surface area contributed by atoms with Crippen molar-refractivity contribution >= 4 is 17.4 Å². The van der Waals surface area contributed by atoms with Gasteiger partial charge in [0.25, 0.3) is 5.91 Å². The van der Waals surface area contributed by atoms with E-state index in [0.717, 1.165) is 38.5 Å². The largest absolute Gasteiger partial charge is 0.354 e. The molecule has 0 radical (unpaired) electrons. The number of halogens is 1. The molecule has 0 atom stereocenters. The van der Waals surface area contributed by atoms with Crippen molar-refractivity contribution in [2.45, 2.75) is 6.54 Å². The highest BCUT2D eigenvalue weighted by molar-refractivity contribution is 6.03. The molecular formula is C22H22FN5O. The Labute approximate surface area is 169 Å². The number of hydrogen-bond acceptors (Lipinski definition) is 5. The summed E-state index contributed by atoms with van der Waals surface area (Å²) < 4.78 is 13.0. The molecule has 6 nitrogen and oxygen atoms in total. The molecule has 1 aromatic heterocycles. The second kappa shape index (κ2) is 8.79. The molecule has 0 spiro atoms. The molecule has 1 fully saturated rings. The first-order valence-electron chi connectivity index (χ1n) is 9.57. The molecule has 0 bridgehead atoms. The molecule has 2 aromatic carbocycles. The summed E-state index contributed by atoms with van der Waals surface area (Å²) in [6.07, 6.45) is 1.41. The SMILES string of the molecule is O=C(Nc1ccc(F)cc1)c1cc(N2CCN(Cc3ccccc3)CC2)ncn1. The predicted molar refractivity (Wildman–Crippen MR) is 110 cm³/mol. The maximum absolute atomic E-state index is 13.0. The van der Waals surface area contributed by atoms with Crippen LogP contribution in [-0.2, 0) is 6.54 Å². The van der Waals surface area contributed by atoms with Crippen molar-refractivity contribution in [1.82, 2.24) is 14.9 Å². The lowest BCUT2D eigenvalue weighted by molar-refractivity contribution is 0.102. The zero-order chi connectivity index (χ0) is 20.1. The first-order chi connectivity index (χ1) is 14.2. The van der Waals surface area contributed by atoms with Gasteiger partial charge in [-0.25, -0.2) is 14.4 Å². The zero-order valence-electron chi connectivity index (χ0n) is 16.0. The molecule has 1 N–H and O–H groups in total. The normalized spacial score (nSPS) is 14.6. The summed E-state index contributed by atoms with van der Waals surface area (Å²) in [5.41, 5.74) is 2.11. The molecule has 0 aliphatic carbocycles. The third-order valence-electron chi connectivity index (χ3n) is 4.93. The lowest BCUT2D eigenvalue weighted by atomic mass is 10.2. The van der Waals surface area contributed by atoms with Crippen molar-refractivity contribution in [1.29, 1.82) is 0 Å². The van der Waals surface area contributed by atoms with E-state index < -0.39 is 0 Å². The van der Waals surface area contributed by atoms with Gasteiger partial charge in [0.2, 0.25) is 0 Å². The van der Waals surface area contributed by atoms with Crippen LogP contribution in [0, 0.1) is 5.82 Å². The topological polar surface area (TPSA) is 61.4 Å². The van der Waals surface area contributed by atoms with E-state index in [1.807, 2.05) is 6.07 Å². The van der Waals surface area contributed by atoms with Gasteiger partial charge < -0.3 is 10.2 Å². The van der Waals surface area contributed by atoms with Crippen molar-refractivity contribution in [3.05, 3.63) is 84.1 Å². The Hall–Kier alpha value is -3.32. The summed E-state index contributed by atoms with van der Waals surface area (Å²) in [4.78, 5) is 25.5. The number of hydrogen-bond donors (Lipinski definition) is 1. The van der Waals surface area contributed by atoms with Gasteiger partial charge in [0.1, 0.15) is 23.7 Å². The molecule has 0 saturated carbocycles. The summed E-state index contributed by atoms with van der Waals surface area (Å²) in [6, 6.07) is 17.8. The number of anilines is 2. The van der Waals surface area contributed by atoms with Gasteiger partial charge in [-0.2, -0.15) is 0 Å². The van der Waals surface area contributed by atoms with Crippen LogP contribution < -0.4 is 10.2 Å². The van der Waals surface area contributed by atoms with E-state index in [-0.39, 0.29) is 17.4 Å². The Balaban J connectivity index is 1.36. The van der Waals surface area contributed by atoms with E-state index in [0.29, 0.717) is 5.69 Å². The molecular weight excluding hydrogens is 369 g/mol. The molecule has 3 aromatic rings. The van der Waals surface area contributed by atoms with Crippen LogP contribution in [0.5, 0.6) is 0 Å². The monoisotopic (exact) mass is 391 g/mol. The number of benzene rings is 2. The number of aromatic nitrogens is 2. The Morgan fingerprint density at radius 2 is 1.69 bits per heavy atom. The van der Waals surface area contributed by atoms with Crippen LogP contribution in [0.1, 0.15) is 16.1 Å². The standard InChI is InChI=1S/C22H22FN5O/c23-18-6-8-19(9-7-18)26-22(29)20-14-21(25-16-24-20)28-12-10-27(11-13-28)15-17-4-2-1-3-5-17/h1-9,14,16H,10-13,15H2,(H,26,29). The molecule has 7 heteroatoms. The van der Waals surface area contributed by atoms with E-state index in [4.69, 9.17) is 0 Å². The molecule has 0 unspecified atom stereocenters. The number of amides is 1. The average molecular weight is 391 g/mol. The summed E-state index contributed by atoms with van der Waals surface area (Å²) in [5.74, 6) is 0.0466. The molecule has 29 heavy (non-hydrogen) atoms. The molecule has 148 valence electrons. The van der Waals surface area contributed by atoms with Crippen LogP contribution in [-0.4, -0.2) is 47.0 Å². The highest BCUT2D eigenvalue weighted by Crippen LogP contribution is 2.17. The van der Waals surface area contributed by atoms with Gasteiger partial charge in [0, 0.05) is 44.5 Å². The van der Waals surface area contributed by atoms with E-state index >= 15 is 0 Å². The fourth-order valence-corrected chi connectivity index (χ4v) is 3.35. The van der Waals surface area contributed by atoms with Crippen molar-refractivity contribution in [2.24, 2.45) is 0 Å². The van der Waals surface area contributed by atoms with Crippen molar-refractivity contribution in [3.8, 4) is 0 Å². The summed E-state index contributed by atoms with van der Waals surface area (Å²) in [6.45, 7) is 4.46. The van der Waals surface area contributed by atoms with E-state index in [1.165, 1.54) is 36.2 Å². The van der Waals surface area contributed by atoms with Crippen LogP contribution in [0.4, 0.5) is 15.9 Å². The number of nitrogens with one attached hydrogen (secondary N) is 1. The Kier molecular flexibility index (Phi) is 5.76. The minimum Gasteiger partial charge on any atom is -0.354 e. The van der Waals surface area contributed by atoms with Gasteiger partial charge >= 0.3 is 0 Å². The summed E-state index contributed by atoms with van der Waals surface area (Å²) in [5, 5.41) is 2.73. The number of piperazine rings is 1. The smallest absolute Gasteiger partial charge is 0.274 e. The van der Waals surface area contributed by atoms with Crippen LogP contribution >= 0.6 is 0 Å². The van der Waals surface area contributed by atoms with Gasteiger partial charge in [0.05, 0.1) is 0 Å². The lowest BCUT2D eigenvalue weighted by Gasteiger charge is -2.35. The predicted octanol–water partition coefficient (Wildman–Crippen LogP) is 3.19. The van der Waals surface area contributed by atoms with Crippen LogP contribution in [0.2, 0.25) is 0 Å². The number of rotatable bonds is 5. The maximum atomic E-state index is 13.0. The minimum atomic E-state index is -0.348.